The molecule has 0 aromatic rings. The van der Waals surface area contributed by atoms with E-state index in [1.165, 1.54) is 14.2 Å². The molecule has 3 fully saturated rings. The molecule has 9 heteroatoms. The molecule has 1 saturated heterocycles. The van der Waals surface area contributed by atoms with E-state index in [-0.39, 0.29) is 35.8 Å². The Balaban J connectivity index is 0.000000278. The summed E-state index contributed by atoms with van der Waals surface area (Å²) in [6, 6.07) is 0. The molecule has 0 aromatic carbocycles. The molecule has 6 atom stereocenters. The molecule has 3 rings (SSSR count). The molecule has 0 aromatic heterocycles. The van der Waals surface area contributed by atoms with Crippen molar-refractivity contribution in [3.05, 3.63) is 0 Å². The second kappa shape index (κ2) is 14.0. The van der Waals surface area contributed by atoms with Crippen molar-refractivity contribution >= 4 is 17.7 Å². The van der Waals surface area contributed by atoms with Gasteiger partial charge in [-0.15, -0.1) is 0 Å². The van der Waals surface area contributed by atoms with Crippen LogP contribution in [-0.2, 0) is 33.3 Å². The molecule has 1 spiro atoms. The lowest BCUT2D eigenvalue weighted by atomic mass is 10.0. The molecule has 0 bridgehead atoms. The number of ether oxygens (including phenoxy) is 4. The maximum Gasteiger partial charge on any atom is 0.305 e. The third kappa shape index (κ3) is 10.5. The molecular weight excluding hydrogens is 432 g/mol. The Morgan fingerprint density at radius 1 is 0.970 bits per heavy atom. The van der Waals surface area contributed by atoms with Gasteiger partial charge < -0.3 is 29.2 Å². The summed E-state index contributed by atoms with van der Waals surface area (Å²) in [7, 11) is 2.80. The highest BCUT2D eigenvalue weighted by atomic mass is 16.8. The SMILES string of the molecule is COC(=O)C[C@H]1CCC(=O)C1.COC(=O)C[C@H]1CCC2(C1)O[C@@H](C)[C@H](C)O2.C[C@H](O)[C@@H](C)O. The number of Topliss-reactive ketones (excluding diaryl/α,β-unsaturated/α-hetero) is 1. The first-order chi connectivity index (χ1) is 15.4. The van der Waals surface area contributed by atoms with Gasteiger partial charge in [0.15, 0.2) is 5.79 Å². The van der Waals surface area contributed by atoms with E-state index < -0.39 is 18.0 Å². The number of esters is 2. The maximum atomic E-state index is 11.2. The minimum absolute atomic E-state index is 0.138. The van der Waals surface area contributed by atoms with Crippen molar-refractivity contribution in [2.24, 2.45) is 11.8 Å². The third-order valence-electron chi connectivity index (χ3n) is 6.41. The van der Waals surface area contributed by atoms with E-state index in [0.717, 1.165) is 25.7 Å². The van der Waals surface area contributed by atoms with Crippen molar-refractivity contribution in [1.29, 1.82) is 0 Å². The van der Waals surface area contributed by atoms with Gasteiger partial charge in [-0.05, 0) is 52.4 Å². The Labute approximate surface area is 197 Å². The van der Waals surface area contributed by atoms with Gasteiger partial charge in [0.1, 0.15) is 5.78 Å². The highest BCUT2D eigenvalue weighted by molar-refractivity contribution is 5.81. The highest BCUT2D eigenvalue weighted by Gasteiger charge is 2.49. The summed E-state index contributed by atoms with van der Waals surface area (Å²) in [4.78, 5) is 32.7. The van der Waals surface area contributed by atoms with Gasteiger partial charge in [0.25, 0.3) is 0 Å². The van der Waals surface area contributed by atoms with E-state index in [4.69, 9.17) is 19.7 Å². The number of carbonyl (C=O) groups is 3. The quantitative estimate of drug-likeness (QED) is 0.578. The Bertz CT molecular complexity index is 615. The molecule has 33 heavy (non-hydrogen) atoms. The van der Waals surface area contributed by atoms with Crippen LogP contribution in [0.1, 0.15) is 79.1 Å². The van der Waals surface area contributed by atoms with Crippen molar-refractivity contribution in [3.8, 4) is 0 Å². The predicted molar refractivity (Wildman–Crippen MR) is 120 cm³/mol. The van der Waals surface area contributed by atoms with Crippen LogP contribution in [0.15, 0.2) is 0 Å². The summed E-state index contributed by atoms with van der Waals surface area (Å²) in [5.41, 5.74) is 0. The Kier molecular flexibility index (Phi) is 12.5. The van der Waals surface area contributed by atoms with Gasteiger partial charge in [-0.1, -0.05) is 0 Å². The highest BCUT2D eigenvalue weighted by Crippen LogP contribution is 2.45. The summed E-state index contributed by atoms with van der Waals surface area (Å²) in [5.74, 6) is 0.0991. The van der Waals surface area contributed by atoms with Gasteiger partial charge in [-0.25, -0.2) is 0 Å². The summed E-state index contributed by atoms with van der Waals surface area (Å²) in [6.07, 6.45) is 4.75. The molecule has 1 heterocycles. The fraction of sp³-hybridized carbons (Fsp3) is 0.875. The van der Waals surface area contributed by atoms with Gasteiger partial charge >= 0.3 is 11.9 Å². The van der Waals surface area contributed by atoms with Gasteiger partial charge in [-0.3, -0.25) is 14.4 Å². The first kappa shape index (κ1) is 29.5. The lowest BCUT2D eigenvalue weighted by Crippen LogP contribution is -2.27. The molecule has 9 nitrogen and oxygen atoms in total. The summed E-state index contributed by atoms with van der Waals surface area (Å²) < 4.78 is 21.0. The second-order valence-corrected chi connectivity index (χ2v) is 9.35. The van der Waals surface area contributed by atoms with Crippen molar-refractivity contribution in [1.82, 2.24) is 0 Å². The van der Waals surface area contributed by atoms with Crippen LogP contribution in [0, 0.1) is 11.8 Å². The maximum absolute atomic E-state index is 11.2. The number of hydrogen-bond acceptors (Lipinski definition) is 9. The normalized spacial score (nSPS) is 29.4. The van der Waals surface area contributed by atoms with Crippen LogP contribution >= 0.6 is 0 Å². The molecule has 2 N–H and O–H groups in total. The van der Waals surface area contributed by atoms with Crippen molar-refractivity contribution in [2.75, 3.05) is 14.2 Å². The number of methoxy groups -OCH3 is 2. The zero-order valence-corrected chi connectivity index (χ0v) is 20.9. The zero-order valence-electron chi connectivity index (χ0n) is 20.9. The first-order valence-corrected chi connectivity index (χ1v) is 11.8. The predicted octanol–water partition coefficient (Wildman–Crippen LogP) is 2.54. The number of carbonyl (C=O) groups excluding carboxylic acids is 3. The van der Waals surface area contributed by atoms with Crippen LogP contribution in [0.4, 0.5) is 0 Å². The molecule has 0 amide bonds. The molecule has 3 aliphatic rings. The molecule has 1 aliphatic heterocycles. The molecular formula is C24H42O9. The van der Waals surface area contributed by atoms with Crippen LogP contribution in [0.3, 0.4) is 0 Å². The largest absolute Gasteiger partial charge is 0.469 e. The number of rotatable bonds is 5. The number of aliphatic hydroxyl groups excluding tert-OH is 2. The van der Waals surface area contributed by atoms with Gasteiger partial charge in [0.2, 0.25) is 0 Å². The monoisotopic (exact) mass is 474 g/mol. The van der Waals surface area contributed by atoms with Crippen LogP contribution < -0.4 is 0 Å². The molecule has 0 unspecified atom stereocenters. The minimum Gasteiger partial charge on any atom is -0.469 e. The van der Waals surface area contributed by atoms with E-state index in [9.17, 15) is 14.4 Å². The fourth-order valence-electron chi connectivity index (χ4n) is 4.06. The summed E-state index contributed by atoms with van der Waals surface area (Å²) >= 11 is 0. The zero-order chi connectivity index (χ0) is 25.2. The number of ketones is 1. The lowest BCUT2D eigenvalue weighted by Gasteiger charge is -2.22. The van der Waals surface area contributed by atoms with E-state index in [0.29, 0.717) is 31.6 Å². The van der Waals surface area contributed by atoms with Crippen molar-refractivity contribution < 1.29 is 43.5 Å². The van der Waals surface area contributed by atoms with E-state index in [1.807, 2.05) is 13.8 Å². The lowest BCUT2D eigenvalue weighted by molar-refractivity contribution is -0.169. The third-order valence-corrected chi connectivity index (χ3v) is 6.41. The Morgan fingerprint density at radius 2 is 1.45 bits per heavy atom. The average Bonchev–Trinajstić information content (AvgIpc) is 3.41. The van der Waals surface area contributed by atoms with E-state index >= 15 is 0 Å². The second-order valence-electron chi connectivity index (χ2n) is 9.35. The van der Waals surface area contributed by atoms with Gasteiger partial charge in [0.05, 0.1) is 38.6 Å². The van der Waals surface area contributed by atoms with E-state index in [1.54, 1.807) is 13.8 Å². The first-order valence-electron chi connectivity index (χ1n) is 11.8. The fourth-order valence-corrected chi connectivity index (χ4v) is 4.06. The topological polar surface area (TPSA) is 129 Å². The molecule has 192 valence electrons. The number of aliphatic hydroxyl groups is 2. The average molecular weight is 475 g/mol. The molecule has 2 saturated carbocycles. The molecule has 0 radical (unpaired) electrons. The standard InChI is InChI=1S/C12H20O4.C8H12O3.C4H10O2/c1-8-9(2)16-12(15-8)5-4-10(7-12)6-11(13)14-3;1-11-8(10)5-6-2-3-7(9)4-6;1-3(5)4(2)6/h8-10H,4-7H2,1-3H3;6H,2-5H2,1H3;3-6H,1-2H3/t8-,9-,10+;6-;3-,4+/m00./s1. The smallest absolute Gasteiger partial charge is 0.305 e. The minimum atomic E-state index is -0.593. The van der Waals surface area contributed by atoms with Crippen LogP contribution in [0.25, 0.3) is 0 Å². The van der Waals surface area contributed by atoms with Crippen LogP contribution in [-0.4, -0.2) is 72.4 Å². The van der Waals surface area contributed by atoms with Crippen molar-refractivity contribution in [3.63, 3.8) is 0 Å². The Hall–Kier alpha value is -1.55. The van der Waals surface area contributed by atoms with Crippen molar-refractivity contribution in [2.45, 2.75) is 109 Å². The summed E-state index contributed by atoms with van der Waals surface area (Å²) in [6.45, 7) is 7.16. The van der Waals surface area contributed by atoms with Gasteiger partial charge in [0, 0.05) is 38.5 Å². The van der Waals surface area contributed by atoms with Crippen LogP contribution in [0.2, 0.25) is 0 Å². The van der Waals surface area contributed by atoms with E-state index in [2.05, 4.69) is 9.47 Å². The summed E-state index contributed by atoms with van der Waals surface area (Å²) in [5, 5.41) is 16.8. The molecule has 2 aliphatic carbocycles. The number of hydrogen-bond donors (Lipinski definition) is 2. The van der Waals surface area contributed by atoms with Crippen LogP contribution in [0.5, 0.6) is 0 Å². The Morgan fingerprint density at radius 3 is 1.85 bits per heavy atom. The van der Waals surface area contributed by atoms with Gasteiger partial charge in [-0.2, -0.15) is 0 Å².